The van der Waals surface area contributed by atoms with Gasteiger partial charge in [-0.05, 0) is 25.0 Å². The highest BCUT2D eigenvalue weighted by Gasteiger charge is 2.15. The van der Waals surface area contributed by atoms with E-state index < -0.39 is 0 Å². The highest BCUT2D eigenvalue weighted by atomic mass is 16.5. The lowest BCUT2D eigenvalue weighted by Crippen LogP contribution is -2.38. The molecule has 8 heteroatoms. The number of nitrogens with zero attached hydrogens (tertiary/aromatic N) is 3. The number of ether oxygens (including phenoxy) is 1. The Hall–Kier alpha value is -3.16. The maximum Gasteiger partial charge on any atom is 0.319 e. The fraction of sp³-hybridized carbons (Fsp3) is 0.333. The second-order valence-electron chi connectivity index (χ2n) is 6.37. The van der Waals surface area contributed by atoms with Crippen LogP contribution in [0.15, 0.2) is 36.8 Å². The molecule has 0 aliphatic heterocycles. The van der Waals surface area contributed by atoms with Gasteiger partial charge in [-0.2, -0.15) is 5.10 Å². The lowest BCUT2D eigenvalue weighted by Gasteiger charge is -2.22. The summed E-state index contributed by atoms with van der Waals surface area (Å²) in [5.41, 5.74) is 1.27. The van der Waals surface area contributed by atoms with Crippen LogP contribution in [-0.2, 0) is 0 Å². The van der Waals surface area contributed by atoms with Gasteiger partial charge in [0, 0.05) is 17.8 Å². The Bertz CT molecular complexity index is 903. The van der Waals surface area contributed by atoms with Gasteiger partial charge in [-0.1, -0.05) is 25.3 Å². The van der Waals surface area contributed by atoms with Crippen molar-refractivity contribution < 1.29 is 9.53 Å². The van der Waals surface area contributed by atoms with Crippen LogP contribution in [0.4, 0.5) is 10.5 Å². The SMILES string of the molecule is O=C(Nc1cccc(Oc2ncnc3[nH]ncc23)c1)NC1CCCCC1. The fourth-order valence-corrected chi connectivity index (χ4v) is 3.17. The molecule has 0 saturated heterocycles. The van der Waals surface area contributed by atoms with Gasteiger partial charge < -0.3 is 15.4 Å². The van der Waals surface area contributed by atoms with Crippen LogP contribution in [0.25, 0.3) is 11.0 Å². The van der Waals surface area contributed by atoms with E-state index in [2.05, 4.69) is 30.8 Å². The second-order valence-corrected chi connectivity index (χ2v) is 6.37. The first-order valence-electron chi connectivity index (χ1n) is 8.77. The van der Waals surface area contributed by atoms with E-state index in [-0.39, 0.29) is 12.1 Å². The molecule has 3 N–H and O–H groups in total. The van der Waals surface area contributed by atoms with Crippen molar-refractivity contribution in [2.24, 2.45) is 0 Å². The number of urea groups is 1. The molecular formula is C18H20N6O2. The molecule has 0 bridgehead atoms. The number of rotatable bonds is 4. The van der Waals surface area contributed by atoms with Gasteiger partial charge in [0.1, 0.15) is 17.5 Å². The molecule has 2 aromatic heterocycles. The van der Waals surface area contributed by atoms with Crippen LogP contribution in [0.2, 0.25) is 0 Å². The summed E-state index contributed by atoms with van der Waals surface area (Å²) in [6.07, 6.45) is 8.73. The number of carbonyl (C=O) groups excluding carboxylic acids is 1. The molecule has 3 aromatic rings. The number of H-pyrrole nitrogens is 1. The predicted molar refractivity (Wildman–Crippen MR) is 97.2 cm³/mol. The minimum atomic E-state index is -0.187. The summed E-state index contributed by atoms with van der Waals surface area (Å²) in [4.78, 5) is 20.4. The molecule has 1 aliphatic rings. The Morgan fingerprint density at radius 3 is 2.96 bits per heavy atom. The van der Waals surface area contributed by atoms with Crippen molar-refractivity contribution in [2.45, 2.75) is 38.1 Å². The fourth-order valence-electron chi connectivity index (χ4n) is 3.17. The van der Waals surface area contributed by atoms with Crippen LogP contribution in [0, 0.1) is 0 Å². The summed E-state index contributed by atoms with van der Waals surface area (Å²) in [5.74, 6) is 0.981. The summed E-state index contributed by atoms with van der Waals surface area (Å²) < 4.78 is 5.84. The number of carbonyl (C=O) groups is 1. The lowest BCUT2D eigenvalue weighted by molar-refractivity contribution is 0.244. The van der Waals surface area contributed by atoms with Crippen molar-refractivity contribution in [1.82, 2.24) is 25.5 Å². The molecule has 0 radical (unpaired) electrons. The van der Waals surface area contributed by atoms with Gasteiger partial charge in [-0.25, -0.2) is 14.8 Å². The number of hydrogen-bond donors (Lipinski definition) is 3. The van der Waals surface area contributed by atoms with Crippen LogP contribution < -0.4 is 15.4 Å². The lowest BCUT2D eigenvalue weighted by atomic mass is 9.96. The molecule has 1 aromatic carbocycles. The standard InChI is InChI=1S/C18H20N6O2/c25-18(22-12-5-2-1-3-6-12)23-13-7-4-8-14(9-13)26-17-15-10-21-24-16(15)19-11-20-17/h4,7-12H,1-3,5-6H2,(H2,22,23,25)(H,19,20,21,24). The van der Waals surface area contributed by atoms with Crippen molar-refractivity contribution in [3.63, 3.8) is 0 Å². The third-order valence-corrected chi connectivity index (χ3v) is 4.46. The van der Waals surface area contributed by atoms with E-state index in [1.165, 1.54) is 25.6 Å². The third-order valence-electron chi connectivity index (χ3n) is 4.46. The van der Waals surface area contributed by atoms with Crippen LogP contribution in [0.3, 0.4) is 0 Å². The van der Waals surface area contributed by atoms with Crippen LogP contribution in [0.5, 0.6) is 11.6 Å². The second kappa shape index (κ2) is 7.38. The first-order valence-corrected chi connectivity index (χ1v) is 8.77. The van der Waals surface area contributed by atoms with E-state index in [4.69, 9.17) is 4.74 Å². The Morgan fingerprint density at radius 1 is 1.19 bits per heavy atom. The number of benzene rings is 1. The quantitative estimate of drug-likeness (QED) is 0.665. The number of aromatic amines is 1. The molecular weight excluding hydrogens is 332 g/mol. The summed E-state index contributed by atoms with van der Waals surface area (Å²) in [5, 5.41) is 13.3. The predicted octanol–water partition coefficient (Wildman–Crippen LogP) is 3.60. The average Bonchev–Trinajstić information content (AvgIpc) is 3.13. The molecule has 0 atom stereocenters. The van der Waals surface area contributed by atoms with Crippen LogP contribution in [0.1, 0.15) is 32.1 Å². The van der Waals surface area contributed by atoms with Crippen molar-refractivity contribution >= 4 is 22.8 Å². The Labute approximate surface area is 150 Å². The maximum absolute atomic E-state index is 12.2. The molecule has 0 unspecified atom stereocenters. The zero-order valence-electron chi connectivity index (χ0n) is 14.2. The van der Waals surface area contributed by atoms with Crippen molar-refractivity contribution in [2.75, 3.05) is 5.32 Å². The highest BCUT2D eigenvalue weighted by molar-refractivity contribution is 5.89. The molecule has 1 fully saturated rings. The van der Waals surface area contributed by atoms with Gasteiger partial charge in [-0.15, -0.1) is 0 Å². The Balaban J connectivity index is 1.43. The van der Waals surface area contributed by atoms with Crippen molar-refractivity contribution in [3.8, 4) is 11.6 Å². The topological polar surface area (TPSA) is 105 Å². The summed E-state index contributed by atoms with van der Waals surface area (Å²) >= 11 is 0. The Kier molecular flexibility index (Phi) is 4.63. The van der Waals surface area contributed by atoms with Gasteiger partial charge in [0.05, 0.1) is 6.20 Å². The maximum atomic E-state index is 12.2. The van der Waals surface area contributed by atoms with Gasteiger partial charge >= 0.3 is 6.03 Å². The molecule has 1 saturated carbocycles. The minimum absolute atomic E-state index is 0.187. The average molecular weight is 352 g/mol. The zero-order valence-corrected chi connectivity index (χ0v) is 14.2. The molecule has 26 heavy (non-hydrogen) atoms. The van der Waals surface area contributed by atoms with Crippen molar-refractivity contribution in [1.29, 1.82) is 0 Å². The van der Waals surface area contributed by atoms with E-state index in [0.717, 1.165) is 12.8 Å². The van der Waals surface area contributed by atoms with Gasteiger partial charge in [0.15, 0.2) is 5.65 Å². The van der Waals surface area contributed by atoms with Crippen LogP contribution in [-0.4, -0.2) is 32.2 Å². The summed E-state index contributed by atoms with van der Waals surface area (Å²) in [6, 6.07) is 7.28. The highest BCUT2D eigenvalue weighted by Crippen LogP contribution is 2.27. The largest absolute Gasteiger partial charge is 0.438 e. The van der Waals surface area contributed by atoms with E-state index in [1.807, 2.05) is 12.1 Å². The molecule has 2 amide bonds. The zero-order chi connectivity index (χ0) is 17.8. The van der Waals surface area contributed by atoms with Gasteiger partial charge in [0.25, 0.3) is 0 Å². The number of hydrogen-bond acceptors (Lipinski definition) is 5. The minimum Gasteiger partial charge on any atom is -0.438 e. The van der Waals surface area contributed by atoms with E-state index in [1.54, 1.807) is 18.3 Å². The number of aromatic nitrogens is 4. The molecule has 1 aliphatic carbocycles. The smallest absolute Gasteiger partial charge is 0.319 e. The van der Waals surface area contributed by atoms with Crippen molar-refractivity contribution in [3.05, 3.63) is 36.8 Å². The molecule has 4 rings (SSSR count). The number of anilines is 1. The summed E-state index contributed by atoms with van der Waals surface area (Å²) in [7, 11) is 0. The van der Waals surface area contributed by atoms with Gasteiger partial charge in [0.2, 0.25) is 5.88 Å². The monoisotopic (exact) mass is 352 g/mol. The first kappa shape index (κ1) is 16.3. The van der Waals surface area contributed by atoms with Crippen LogP contribution >= 0.6 is 0 Å². The Morgan fingerprint density at radius 2 is 2.08 bits per heavy atom. The molecule has 8 nitrogen and oxygen atoms in total. The normalized spacial score (nSPS) is 14.9. The molecule has 0 spiro atoms. The molecule has 2 heterocycles. The van der Waals surface area contributed by atoms with Gasteiger partial charge in [-0.3, -0.25) is 5.10 Å². The van der Waals surface area contributed by atoms with E-state index in [0.29, 0.717) is 28.4 Å². The number of nitrogens with one attached hydrogen (secondary N) is 3. The van der Waals surface area contributed by atoms with E-state index >= 15 is 0 Å². The first-order chi connectivity index (χ1) is 12.8. The number of amides is 2. The summed E-state index contributed by atoms with van der Waals surface area (Å²) in [6.45, 7) is 0. The van der Waals surface area contributed by atoms with E-state index in [9.17, 15) is 4.79 Å². The third kappa shape index (κ3) is 3.74. The molecule has 134 valence electrons. The number of fused-ring (bicyclic) bond motifs is 1.